The molecule has 5 aliphatic carbocycles. The number of aliphatic hydroxyl groups is 5. The highest BCUT2D eigenvalue weighted by molar-refractivity contribution is 5.64. The van der Waals surface area contributed by atoms with Gasteiger partial charge in [-0.3, -0.25) is 28.9 Å². The topological polar surface area (TPSA) is 328 Å². The van der Waals surface area contributed by atoms with Gasteiger partial charge in [-0.15, -0.1) is 0 Å². The normalized spacial score (nSPS) is 42.0. The minimum absolute atomic E-state index is 0.156. The van der Waals surface area contributed by atoms with Crippen molar-refractivity contribution in [3.63, 3.8) is 0 Å². The second-order valence-electron chi connectivity index (χ2n) is 14.7. The second-order valence-corrected chi connectivity index (χ2v) is 14.7. The molecule has 20 heteroatoms. The van der Waals surface area contributed by atoms with E-state index in [4.69, 9.17) is 68.5 Å². The summed E-state index contributed by atoms with van der Waals surface area (Å²) in [5, 5.41) is 96.4. The number of hydrogen-bond acceptors (Lipinski definition) is 15. The van der Waals surface area contributed by atoms with E-state index in [1.165, 1.54) is 7.11 Å². The minimum Gasteiger partial charge on any atom is -0.481 e. The zero-order valence-corrected chi connectivity index (χ0v) is 33.0. The number of nitrogens with zero attached hydrogens (tertiary/aromatic N) is 1. The Kier molecular flexibility index (Phi) is 17.6. The molecule has 320 valence electrons. The number of ether oxygens (including phenoxy) is 4. The van der Waals surface area contributed by atoms with Crippen LogP contribution in [0.2, 0.25) is 0 Å². The first kappa shape index (κ1) is 50.0. The van der Waals surface area contributed by atoms with Gasteiger partial charge in [0.2, 0.25) is 0 Å². The van der Waals surface area contributed by atoms with Gasteiger partial charge in [0.05, 0.1) is 31.0 Å². The largest absolute Gasteiger partial charge is 0.481 e. The SMILES string of the molecule is CC(=O)O.CC(=O)O.CC(=O)O.CC(=O)O.CC(=O)O.CCN1C[C@]2(COC)[C@H](O)C[C@H](OC)[C@]34C1[C@H]([C@H](OC)[C@H]23)[C@]1(O)[C@H]2[C@@H](O)[C@](O)(C[C@H]24)[C@@H](OC)[C@@H]1O. The number of methoxy groups -OCH3 is 4. The maximum absolute atomic E-state index is 12.6. The minimum atomic E-state index is -1.76. The van der Waals surface area contributed by atoms with Gasteiger partial charge >= 0.3 is 0 Å². The lowest BCUT2D eigenvalue weighted by Gasteiger charge is -2.70. The molecule has 5 saturated carbocycles. The van der Waals surface area contributed by atoms with Crippen molar-refractivity contribution in [2.45, 2.75) is 108 Å². The first-order chi connectivity index (χ1) is 25.3. The quantitative estimate of drug-likeness (QED) is 0.149. The van der Waals surface area contributed by atoms with Crippen molar-refractivity contribution in [3.05, 3.63) is 0 Å². The number of rotatable bonds is 6. The number of hydrogen-bond donors (Lipinski definition) is 10. The molecule has 1 saturated heterocycles. The number of fused-ring (bicyclic) bond motifs is 2. The average Bonchev–Trinajstić information content (AvgIpc) is 3.39. The van der Waals surface area contributed by atoms with Crippen LogP contribution in [-0.4, -0.2) is 188 Å². The smallest absolute Gasteiger partial charge is 0.300 e. The highest BCUT2D eigenvalue weighted by Crippen LogP contribution is 2.79. The fourth-order valence-electron chi connectivity index (χ4n) is 11.0. The lowest BCUT2D eigenvalue weighted by Crippen LogP contribution is -2.81. The summed E-state index contributed by atoms with van der Waals surface area (Å²) in [7, 11) is 6.29. The first-order valence-electron chi connectivity index (χ1n) is 17.5. The average molecular weight is 800 g/mol. The van der Waals surface area contributed by atoms with Crippen LogP contribution < -0.4 is 0 Å². The molecule has 6 rings (SSSR count). The van der Waals surface area contributed by atoms with Crippen molar-refractivity contribution in [1.82, 2.24) is 4.90 Å². The Hall–Kier alpha value is -3.05. The summed E-state index contributed by atoms with van der Waals surface area (Å²) >= 11 is 0. The monoisotopic (exact) mass is 799 g/mol. The molecule has 1 spiro atoms. The molecule has 0 radical (unpaired) electrons. The van der Waals surface area contributed by atoms with E-state index < -0.39 is 106 Å². The zero-order valence-electron chi connectivity index (χ0n) is 33.0. The summed E-state index contributed by atoms with van der Waals surface area (Å²) in [6, 6.07) is -0.240. The van der Waals surface area contributed by atoms with Crippen molar-refractivity contribution in [3.8, 4) is 0 Å². The number of aliphatic hydroxyl groups excluding tert-OH is 3. The van der Waals surface area contributed by atoms with Gasteiger partial charge in [-0.1, -0.05) is 6.92 Å². The third-order valence-electron chi connectivity index (χ3n) is 11.7. The van der Waals surface area contributed by atoms with Crippen LogP contribution in [0.3, 0.4) is 0 Å². The van der Waals surface area contributed by atoms with E-state index in [0.29, 0.717) is 26.1 Å². The standard InChI is InChI=1S/C25H41NO9.5C2H4O2/c1-6-26-9-22(10-32-2)12(27)7-13(33-3)24-11-8-23(30)19(28)14(11)25(31,20(29)21(23)35-5)15(18(24)26)16(34-4)17(22)24;5*1-2(3)4/h11-21,27-31H,6-10H2,1-5H3;5*1H3,(H,3,4)/t11-,12-,13+,14-,15+,16+,17-,18?,19-,20+,21+,22+,23-,24+,25-;;;;;/m1...../s1. The Morgan fingerprint density at radius 3 is 1.53 bits per heavy atom. The molecule has 0 aromatic carbocycles. The maximum atomic E-state index is 12.6. The lowest BCUT2D eigenvalue weighted by atomic mass is 9.42. The number of piperidine rings is 1. The van der Waals surface area contributed by atoms with Crippen LogP contribution in [0.4, 0.5) is 0 Å². The van der Waals surface area contributed by atoms with E-state index in [0.717, 1.165) is 34.6 Å². The van der Waals surface area contributed by atoms with Gasteiger partial charge in [0.25, 0.3) is 29.8 Å². The Morgan fingerprint density at radius 2 is 1.16 bits per heavy atom. The van der Waals surface area contributed by atoms with E-state index in [1.54, 1.807) is 21.3 Å². The van der Waals surface area contributed by atoms with Crippen LogP contribution in [0.5, 0.6) is 0 Å². The van der Waals surface area contributed by atoms with E-state index in [9.17, 15) is 25.5 Å². The van der Waals surface area contributed by atoms with Gasteiger partial charge in [0.15, 0.2) is 0 Å². The Balaban J connectivity index is 0.000000631. The van der Waals surface area contributed by atoms with Gasteiger partial charge in [-0.2, -0.15) is 0 Å². The molecule has 1 heterocycles. The molecule has 6 fully saturated rings. The molecular formula is C35H61NO19. The van der Waals surface area contributed by atoms with Gasteiger partial charge in [-0.05, 0) is 18.9 Å². The number of carboxylic acid groups (broad SMARTS) is 5. The molecule has 55 heavy (non-hydrogen) atoms. The Bertz CT molecular complexity index is 1260. The maximum Gasteiger partial charge on any atom is 0.300 e. The van der Waals surface area contributed by atoms with E-state index >= 15 is 0 Å². The molecule has 0 amide bonds. The van der Waals surface area contributed by atoms with Gasteiger partial charge in [0, 0.05) is 111 Å². The zero-order chi connectivity index (χ0) is 43.2. The molecule has 0 aromatic heterocycles. The van der Waals surface area contributed by atoms with Crippen LogP contribution in [0.15, 0.2) is 0 Å². The first-order valence-corrected chi connectivity index (χ1v) is 17.5. The third-order valence-corrected chi connectivity index (χ3v) is 11.7. The fourth-order valence-corrected chi connectivity index (χ4v) is 11.0. The summed E-state index contributed by atoms with van der Waals surface area (Å²) < 4.78 is 23.7. The molecular weight excluding hydrogens is 738 g/mol. The molecule has 20 nitrogen and oxygen atoms in total. The molecule has 10 N–H and O–H groups in total. The van der Waals surface area contributed by atoms with Crippen LogP contribution in [0.25, 0.3) is 0 Å². The van der Waals surface area contributed by atoms with Crippen LogP contribution in [-0.2, 0) is 42.9 Å². The molecule has 1 unspecified atom stereocenters. The molecule has 15 atom stereocenters. The van der Waals surface area contributed by atoms with Gasteiger partial charge in [-0.25, -0.2) is 0 Å². The third kappa shape index (κ3) is 8.93. The fraction of sp³-hybridized carbons (Fsp3) is 0.857. The van der Waals surface area contributed by atoms with E-state index in [-0.39, 0.29) is 18.4 Å². The molecule has 6 aliphatic rings. The van der Waals surface area contributed by atoms with Crippen LogP contribution in [0, 0.1) is 34.5 Å². The van der Waals surface area contributed by atoms with Crippen molar-refractivity contribution in [2.75, 3.05) is 48.1 Å². The Morgan fingerprint density at radius 1 is 0.709 bits per heavy atom. The lowest BCUT2D eigenvalue weighted by molar-refractivity contribution is -0.320. The summed E-state index contributed by atoms with van der Waals surface area (Å²) in [6.07, 6.45) is -4.95. The molecule has 7 bridgehead atoms. The van der Waals surface area contributed by atoms with Crippen LogP contribution >= 0.6 is 0 Å². The number of carboxylic acids is 5. The van der Waals surface area contributed by atoms with Crippen molar-refractivity contribution < 1.29 is 94.0 Å². The summed E-state index contributed by atoms with van der Waals surface area (Å²) in [5.74, 6) is -6.21. The van der Waals surface area contributed by atoms with Gasteiger partial charge < -0.3 is 70.0 Å². The molecule has 1 aliphatic heterocycles. The highest BCUT2D eigenvalue weighted by Gasteiger charge is 2.90. The Labute approximate surface area is 319 Å². The van der Waals surface area contributed by atoms with Crippen molar-refractivity contribution in [1.29, 1.82) is 0 Å². The number of carbonyl (C=O) groups is 5. The van der Waals surface area contributed by atoms with Crippen LogP contribution in [0.1, 0.15) is 54.4 Å². The van der Waals surface area contributed by atoms with Gasteiger partial charge in [0.1, 0.15) is 23.4 Å². The number of likely N-dealkylation sites (tertiary alicyclic amines) is 1. The van der Waals surface area contributed by atoms with Crippen molar-refractivity contribution >= 4 is 29.8 Å². The second kappa shape index (κ2) is 19.4. The number of aliphatic carboxylic acids is 5. The summed E-state index contributed by atoms with van der Waals surface area (Å²) in [6.45, 7) is 9.00. The predicted molar refractivity (Wildman–Crippen MR) is 188 cm³/mol. The van der Waals surface area contributed by atoms with E-state index in [2.05, 4.69) is 11.8 Å². The van der Waals surface area contributed by atoms with E-state index in [1.807, 2.05) is 0 Å². The van der Waals surface area contributed by atoms with Crippen molar-refractivity contribution in [2.24, 2.45) is 34.5 Å². The predicted octanol–water partition coefficient (Wildman–Crippen LogP) is -1.33. The summed E-state index contributed by atoms with van der Waals surface area (Å²) in [5.41, 5.74) is -4.81. The summed E-state index contributed by atoms with van der Waals surface area (Å²) in [4.78, 5) is 47.3. The molecule has 0 aromatic rings. The highest BCUT2D eigenvalue weighted by atomic mass is 16.5.